The Morgan fingerprint density at radius 1 is 1.22 bits per heavy atom. The van der Waals surface area contributed by atoms with Gasteiger partial charge >= 0.3 is 0 Å². The minimum absolute atomic E-state index is 0.634. The molecule has 1 atom stereocenters. The summed E-state index contributed by atoms with van der Waals surface area (Å²) in [4.78, 5) is 0. The third kappa shape index (κ3) is 6.27. The van der Waals surface area contributed by atoms with Gasteiger partial charge < -0.3 is 10.1 Å². The molecule has 0 saturated carbocycles. The molecule has 0 aliphatic carbocycles. The van der Waals surface area contributed by atoms with Crippen LogP contribution in [0.5, 0.6) is 5.75 Å². The van der Waals surface area contributed by atoms with Crippen molar-refractivity contribution < 1.29 is 4.74 Å². The van der Waals surface area contributed by atoms with Gasteiger partial charge in [0.05, 0.1) is 7.11 Å². The lowest BCUT2D eigenvalue weighted by Crippen LogP contribution is -2.19. The van der Waals surface area contributed by atoms with Crippen molar-refractivity contribution in [1.82, 2.24) is 5.32 Å². The van der Waals surface area contributed by atoms with Gasteiger partial charge in [0.15, 0.2) is 0 Å². The first kappa shape index (κ1) is 15.3. The van der Waals surface area contributed by atoms with Crippen molar-refractivity contribution >= 4 is 11.6 Å². The van der Waals surface area contributed by atoms with Crippen molar-refractivity contribution in [2.24, 2.45) is 5.92 Å². The SMILES string of the molecule is COc1ccc(CCNCCCC(C)CCl)cc1. The summed E-state index contributed by atoms with van der Waals surface area (Å²) in [7, 11) is 1.69. The molecule has 1 N–H and O–H groups in total. The minimum Gasteiger partial charge on any atom is -0.497 e. The standard InChI is InChI=1S/C15H24ClNO/c1-13(12-16)4-3-10-17-11-9-14-5-7-15(18-2)8-6-14/h5-8,13,17H,3-4,9-12H2,1-2H3. The zero-order valence-electron chi connectivity index (χ0n) is 11.4. The van der Waals surface area contributed by atoms with E-state index < -0.39 is 0 Å². The molecule has 1 rings (SSSR count). The predicted molar refractivity (Wildman–Crippen MR) is 78.7 cm³/mol. The largest absolute Gasteiger partial charge is 0.497 e. The highest BCUT2D eigenvalue weighted by Gasteiger charge is 1.99. The number of hydrogen-bond acceptors (Lipinski definition) is 2. The molecule has 0 saturated heterocycles. The molecule has 0 fully saturated rings. The van der Waals surface area contributed by atoms with Crippen LogP contribution in [0.3, 0.4) is 0 Å². The van der Waals surface area contributed by atoms with Gasteiger partial charge in [-0.25, -0.2) is 0 Å². The van der Waals surface area contributed by atoms with Crippen LogP contribution in [0.1, 0.15) is 25.3 Å². The molecular weight excluding hydrogens is 246 g/mol. The van der Waals surface area contributed by atoms with Crippen molar-refractivity contribution in [3.8, 4) is 5.75 Å². The monoisotopic (exact) mass is 269 g/mol. The number of alkyl halides is 1. The number of rotatable bonds is 9. The average Bonchev–Trinajstić information content (AvgIpc) is 2.43. The summed E-state index contributed by atoms with van der Waals surface area (Å²) in [6, 6.07) is 8.27. The van der Waals surface area contributed by atoms with E-state index in [0.29, 0.717) is 5.92 Å². The van der Waals surface area contributed by atoms with Gasteiger partial charge in [-0.1, -0.05) is 19.1 Å². The third-order valence-corrected chi connectivity index (χ3v) is 3.59. The van der Waals surface area contributed by atoms with Crippen LogP contribution < -0.4 is 10.1 Å². The number of methoxy groups -OCH3 is 1. The second-order valence-electron chi connectivity index (χ2n) is 4.75. The van der Waals surface area contributed by atoms with E-state index in [4.69, 9.17) is 16.3 Å². The van der Waals surface area contributed by atoms with Crippen LogP contribution in [0.2, 0.25) is 0 Å². The lowest BCUT2D eigenvalue weighted by atomic mass is 10.1. The molecule has 0 aliphatic heterocycles. The van der Waals surface area contributed by atoms with Crippen LogP contribution in [-0.4, -0.2) is 26.1 Å². The Morgan fingerprint density at radius 3 is 2.56 bits per heavy atom. The summed E-state index contributed by atoms with van der Waals surface area (Å²) in [5.74, 6) is 2.32. The second kappa shape index (κ2) is 9.23. The van der Waals surface area contributed by atoms with Gasteiger partial charge in [-0.05, 0) is 56.0 Å². The molecule has 0 aromatic heterocycles. The quantitative estimate of drug-likeness (QED) is 0.547. The van der Waals surface area contributed by atoms with Crippen molar-refractivity contribution in [2.75, 3.05) is 26.1 Å². The van der Waals surface area contributed by atoms with Crippen molar-refractivity contribution in [2.45, 2.75) is 26.2 Å². The van der Waals surface area contributed by atoms with E-state index in [1.54, 1.807) is 7.11 Å². The smallest absolute Gasteiger partial charge is 0.118 e. The van der Waals surface area contributed by atoms with Crippen LogP contribution in [0.15, 0.2) is 24.3 Å². The molecular formula is C15H24ClNO. The Labute approximate surface area is 116 Å². The molecule has 1 aromatic rings. The van der Waals surface area contributed by atoms with E-state index >= 15 is 0 Å². The Kier molecular flexibility index (Phi) is 7.86. The van der Waals surface area contributed by atoms with Gasteiger partial charge in [0, 0.05) is 5.88 Å². The van der Waals surface area contributed by atoms with Crippen molar-refractivity contribution in [1.29, 1.82) is 0 Å². The predicted octanol–water partition coefficient (Wildman–Crippen LogP) is 3.48. The molecule has 2 nitrogen and oxygen atoms in total. The first-order valence-electron chi connectivity index (χ1n) is 6.66. The van der Waals surface area contributed by atoms with Gasteiger partial charge in [-0.2, -0.15) is 0 Å². The molecule has 102 valence electrons. The maximum absolute atomic E-state index is 5.77. The van der Waals surface area contributed by atoms with Gasteiger partial charge in [0.1, 0.15) is 5.75 Å². The Hall–Kier alpha value is -0.730. The lowest BCUT2D eigenvalue weighted by Gasteiger charge is -2.08. The fourth-order valence-electron chi connectivity index (χ4n) is 1.80. The van der Waals surface area contributed by atoms with E-state index in [2.05, 4.69) is 24.4 Å². The highest BCUT2D eigenvalue weighted by molar-refractivity contribution is 6.18. The van der Waals surface area contributed by atoms with Crippen molar-refractivity contribution in [3.05, 3.63) is 29.8 Å². The molecule has 0 heterocycles. The Morgan fingerprint density at radius 2 is 1.94 bits per heavy atom. The van der Waals surface area contributed by atoms with Gasteiger partial charge in [-0.3, -0.25) is 0 Å². The molecule has 0 aliphatic rings. The highest BCUT2D eigenvalue weighted by Crippen LogP contribution is 2.11. The topological polar surface area (TPSA) is 21.3 Å². The fraction of sp³-hybridized carbons (Fsp3) is 0.600. The third-order valence-electron chi connectivity index (χ3n) is 3.06. The van der Waals surface area contributed by atoms with Crippen LogP contribution >= 0.6 is 11.6 Å². The maximum Gasteiger partial charge on any atom is 0.118 e. The van der Waals surface area contributed by atoms with E-state index in [-0.39, 0.29) is 0 Å². The zero-order chi connectivity index (χ0) is 13.2. The summed E-state index contributed by atoms with van der Waals surface area (Å²) in [6.45, 7) is 4.31. The normalized spacial score (nSPS) is 12.4. The van der Waals surface area contributed by atoms with Crippen molar-refractivity contribution in [3.63, 3.8) is 0 Å². The summed E-state index contributed by atoms with van der Waals surface area (Å²) in [5, 5.41) is 3.47. The van der Waals surface area contributed by atoms with E-state index in [1.807, 2.05) is 12.1 Å². The molecule has 1 aromatic carbocycles. The van der Waals surface area contributed by atoms with E-state index in [9.17, 15) is 0 Å². The van der Waals surface area contributed by atoms with Gasteiger partial charge in [0.2, 0.25) is 0 Å². The average molecular weight is 270 g/mol. The number of benzene rings is 1. The second-order valence-corrected chi connectivity index (χ2v) is 5.06. The molecule has 0 bridgehead atoms. The summed E-state index contributed by atoms with van der Waals surface area (Å²) in [5.41, 5.74) is 1.34. The zero-order valence-corrected chi connectivity index (χ0v) is 12.2. The van der Waals surface area contributed by atoms with Crippen LogP contribution in [0.4, 0.5) is 0 Å². The lowest BCUT2D eigenvalue weighted by molar-refractivity contribution is 0.414. The number of halogens is 1. The summed E-state index contributed by atoms with van der Waals surface area (Å²) >= 11 is 5.77. The molecule has 0 radical (unpaired) electrons. The molecule has 18 heavy (non-hydrogen) atoms. The van der Waals surface area contributed by atoms with Crippen LogP contribution in [0.25, 0.3) is 0 Å². The first-order chi connectivity index (χ1) is 8.76. The van der Waals surface area contributed by atoms with E-state index in [0.717, 1.165) is 31.1 Å². The number of nitrogens with one attached hydrogen (secondary N) is 1. The van der Waals surface area contributed by atoms with E-state index in [1.165, 1.54) is 18.4 Å². The Bertz CT molecular complexity index is 313. The first-order valence-corrected chi connectivity index (χ1v) is 7.19. The molecule has 0 amide bonds. The van der Waals surface area contributed by atoms with Crippen LogP contribution in [0, 0.1) is 5.92 Å². The number of hydrogen-bond donors (Lipinski definition) is 1. The molecule has 1 unspecified atom stereocenters. The summed E-state index contributed by atoms with van der Waals surface area (Å²) in [6.07, 6.45) is 3.48. The molecule has 0 spiro atoms. The Balaban J connectivity index is 2.06. The van der Waals surface area contributed by atoms with Crippen LogP contribution in [-0.2, 0) is 6.42 Å². The minimum atomic E-state index is 0.634. The fourth-order valence-corrected chi connectivity index (χ4v) is 1.96. The van der Waals surface area contributed by atoms with Gasteiger partial charge in [0.25, 0.3) is 0 Å². The summed E-state index contributed by atoms with van der Waals surface area (Å²) < 4.78 is 5.13. The highest BCUT2D eigenvalue weighted by atomic mass is 35.5. The van der Waals surface area contributed by atoms with Gasteiger partial charge in [-0.15, -0.1) is 11.6 Å². The molecule has 3 heteroatoms. The number of ether oxygens (including phenoxy) is 1. The maximum atomic E-state index is 5.77.